The molecule has 2 N–H and O–H groups in total. The minimum atomic E-state index is -0.0224. The van der Waals surface area contributed by atoms with Crippen molar-refractivity contribution < 1.29 is 19.1 Å². The molecule has 4 aliphatic heterocycles. The van der Waals surface area contributed by atoms with E-state index in [9.17, 15) is 9.59 Å². The van der Waals surface area contributed by atoms with Crippen LogP contribution in [0.5, 0.6) is 11.5 Å². The zero-order valence-corrected chi connectivity index (χ0v) is 16.0. The van der Waals surface area contributed by atoms with E-state index in [0.717, 1.165) is 43.7 Å². The van der Waals surface area contributed by atoms with Crippen LogP contribution in [-0.4, -0.2) is 55.2 Å². The first-order valence-electron chi connectivity index (χ1n) is 10.4. The Balaban J connectivity index is 1.24. The van der Waals surface area contributed by atoms with Gasteiger partial charge in [0.2, 0.25) is 18.6 Å². The fraction of sp³-hybridized carbons (Fsp3) is 0.619. The molecule has 0 radical (unpaired) electrons. The minimum Gasteiger partial charge on any atom is -0.454 e. The molecular weight excluding hydrogens is 358 g/mol. The van der Waals surface area contributed by atoms with Gasteiger partial charge in [-0.1, -0.05) is 6.07 Å². The molecule has 0 aliphatic carbocycles. The fourth-order valence-electron chi connectivity index (χ4n) is 5.41. The van der Waals surface area contributed by atoms with Gasteiger partial charge in [0.25, 0.3) is 0 Å². The van der Waals surface area contributed by atoms with Crippen LogP contribution in [0.15, 0.2) is 18.2 Å². The Morgan fingerprint density at radius 3 is 3.00 bits per heavy atom. The van der Waals surface area contributed by atoms with Gasteiger partial charge in [0.1, 0.15) is 0 Å². The zero-order valence-electron chi connectivity index (χ0n) is 16.0. The van der Waals surface area contributed by atoms with E-state index in [1.807, 2.05) is 18.2 Å². The summed E-state index contributed by atoms with van der Waals surface area (Å²) in [6, 6.07) is 6.04. The van der Waals surface area contributed by atoms with Gasteiger partial charge in [-0.2, -0.15) is 0 Å². The summed E-state index contributed by atoms with van der Waals surface area (Å²) in [5, 5.41) is 6.63. The highest BCUT2D eigenvalue weighted by atomic mass is 16.7. The Hall–Kier alpha value is -2.28. The summed E-state index contributed by atoms with van der Waals surface area (Å²) in [4.78, 5) is 27.4. The number of piperidine rings is 3. The molecule has 1 aromatic carbocycles. The van der Waals surface area contributed by atoms with Gasteiger partial charge >= 0.3 is 0 Å². The molecule has 0 spiro atoms. The van der Waals surface area contributed by atoms with Crippen molar-refractivity contribution in [2.75, 3.05) is 26.4 Å². The van der Waals surface area contributed by atoms with Crippen molar-refractivity contribution in [2.45, 2.75) is 44.2 Å². The van der Waals surface area contributed by atoms with Crippen molar-refractivity contribution >= 4 is 11.8 Å². The van der Waals surface area contributed by atoms with Crippen molar-refractivity contribution in [3.63, 3.8) is 0 Å². The van der Waals surface area contributed by atoms with Crippen LogP contribution in [0.1, 0.15) is 31.2 Å². The quantitative estimate of drug-likeness (QED) is 0.810. The average Bonchev–Trinajstić information content (AvgIpc) is 3.16. The number of benzene rings is 1. The average molecular weight is 385 g/mol. The molecule has 4 atom stereocenters. The molecule has 4 aliphatic rings. The Morgan fingerprint density at radius 2 is 2.07 bits per heavy atom. The summed E-state index contributed by atoms with van der Waals surface area (Å²) in [6.45, 7) is 2.70. The van der Waals surface area contributed by atoms with Crippen LogP contribution in [0.3, 0.4) is 0 Å². The van der Waals surface area contributed by atoms with E-state index >= 15 is 0 Å². The normalized spacial score (nSPS) is 30.7. The third kappa shape index (κ3) is 3.21. The van der Waals surface area contributed by atoms with Crippen molar-refractivity contribution in [1.82, 2.24) is 15.5 Å². The van der Waals surface area contributed by atoms with Crippen molar-refractivity contribution in [3.8, 4) is 11.5 Å². The van der Waals surface area contributed by atoms with Gasteiger partial charge < -0.3 is 25.0 Å². The van der Waals surface area contributed by atoms with Crippen LogP contribution in [-0.2, 0) is 16.0 Å². The maximum Gasteiger partial charge on any atom is 0.231 e. The van der Waals surface area contributed by atoms with Gasteiger partial charge in [-0.15, -0.1) is 0 Å². The van der Waals surface area contributed by atoms with E-state index in [4.69, 9.17) is 9.47 Å². The number of ether oxygens (including phenoxy) is 2. The lowest BCUT2D eigenvalue weighted by atomic mass is 9.72. The smallest absolute Gasteiger partial charge is 0.231 e. The molecule has 0 unspecified atom stereocenters. The number of carbonyl (C=O) groups is 2. The third-order valence-corrected chi connectivity index (χ3v) is 6.71. The Morgan fingerprint density at radius 1 is 1.21 bits per heavy atom. The number of rotatable bonds is 4. The lowest BCUT2D eigenvalue weighted by Gasteiger charge is -2.54. The molecule has 7 heteroatoms. The highest BCUT2D eigenvalue weighted by Gasteiger charge is 2.47. The highest BCUT2D eigenvalue weighted by Crippen LogP contribution is 2.39. The van der Waals surface area contributed by atoms with Crippen LogP contribution >= 0.6 is 0 Å². The lowest BCUT2D eigenvalue weighted by molar-refractivity contribution is -0.149. The molecule has 2 amide bonds. The minimum absolute atomic E-state index is 0.0224. The second-order valence-corrected chi connectivity index (χ2v) is 8.41. The maximum atomic E-state index is 12.7. The monoisotopic (exact) mass is 385 g/mol. The second kappa shape index (κ2) is 7.28. The fourth-order valence-corrected chi connectivity index (χ4v) is 5.41. The summed E-state index contributed by atoms with van der Waals surface area (Å²) < 4.78 is 10.7. The molecule has 7 nitrogen and oxygen atoms in total. The van der Waals surface area contributed by atoms with Crippen LogP contribution < -0.4 is 20.1 Å². The highest BCUT2D eigenvalue weighted by molar-refractivity contribution is 5.80. The number of carbonyl (C=O) groups excluding carboxylic acids is 2. The molecule has 4 heterocycles. The molecular formula is C21H27N3O4. The van der Waals surface area contributed by atoms with Gasteiger partial charge in [0.05, 0.1) is 12.5 Å². The molecule has 28 heavy (non-hydrogen) atoms. The number of hydrogen-bond acceptors (Lipinski definition) is 5. The van der Waals surface area contributed by atoms with Crippen molar-refractivity contribution in [2.24, 2.45) is 11.8 Å². The topological polar surface area (TPSA) is 79.9 Å². The van der Waals surface area contributed by atoms with E-state index < -0.39 is 0 Å². The summed E-state index contributed by atoms with van der Waals surface area (Å²) in [7, 11) is 0. The SMILES string of the molecule is O=C(Cc1ccc2c(c1)OCO2)NC[C@H]1[C@@H]2CNC[C@@H](C2)[C@@H]2CCCC(=O)N21. The summed E-state index contributed by atoms with van der Waals surface area (Å²) in [5.41, 5.74) is 0.900. The van der Waals surface area contributed by atoms with E-state index in [-0.39, 0.29) is 24.6 Å². The Labute approximate surface area is 164 Å². The molecule has 2 bridgehead atoms. The van der Waals surface area contributed by atoms with Crippen LogP contribution in [0.2, 0.25) is 0 Å². The third-order valence-electron chi connectivity index (χ3n) is 6.71. The van der Waals surface area contributed by atoms with Gasteiger partial charge in [-0.25, -0.2) is 0 Å². The predicted octanol–water partition coefficient (Wildman–Crippen LogP) is 1.06. The first-order valence-corrected chi connectivity index (χ1v) is 10.4. The van der Waals surface area contributed by atoms with Gasteiger partial charge in [-0.05, 0) is 55.3 Å². The maximum absolute atomic E-state index is 12.7. The Kier molecular flexibility index (Phi) is 4.62. The number of hydrogen-bond donors (Lipinski definition) is 2. The van der Waals surface area contributed by atoms with Gasteiger partial charge in [-0.3, -0.25) is 9.59 Å². The summed E-state index contributed by atoms with van der Waals surface area (Å²) in [6.07, 6.45) is 4.18. The summed E-state index contributed by atoms with van der Waals surface area (Å²) >= 11 is 0. The Bertz CT molecular complexity index is 783. The number of nitrogens with zero attached hydrogens (tertiary/aromatic N) is 1. The van der Waals surface area contributed by atoms with E-state index in [0.29, 0.717) is 43.0 Å². The largest absolute Gasteiger partial charge is 0.454 e. The van der Waals surface area contributed by atoms with Crippen LogP contribution in [0.25, 0.3) is 0 Å². The molecule has 3 fully saturated rings. The number of fused-ring (bicyclic) bond motifs is 5. The summed E-state index contributed by atoms with van der Waals surface area (Å²) in [5.74, 6) is 2.64. The molecule has 150 valence electrons. The number of amides is 2. The molecule has 3 saturated heterocycles. The van der Waals surface area contributed by atoms with Gasteiger partial charge in [0, 0.05) is 25.6 Å². The first kappa shape index (κ1) is 17.8. The molecule has 5 rings (SSSR count). The molecule has 0 saturated carbocycles. The van der Waals surface area contributed by atoms with E-state index in [1.54, 1.807) is 0 Å². The molecule has 0 aromatic heterocycles. The van der Waals surface area contributed by atoms with Crippen molar-refractivity contribution in [1.29, 1.82) is 0 Å². The first-order chi connectivity index (χ1) is 13.7. The second-order valence-electron chi connectivity index (χ2n) is 8.41. The van der Waals surface area contributed by atoms with Crippen molar-refractivity contribution in [3.05, 3.63) is 23.8 Å². The zero-order chi connectivity index (χ0) is 19.1. The van der Waals surface area contributed by atoms with Crippen LogP contribution in [0.4, 0.5) is 0 Å². The van der Waals surface area contributed by atoms with Gasteiger partial charge in [0.15, 0.2) is 11.5 Å². The molecule has 1 aromatic rings. The van der Waals surface area contributed by atoms with E-state index in [2.05, 4.69) is 15.5 Å². The lowest BCUT2D eigenvalue weighted by Crippen LogP contribution is -2.66. The van der Waals surface area contributed by atoms with E-state index in [1.165, 1.54) is 0 Å². The predicted molar refractivity (Wildman–Crippen MR) is 102 cm³/mol. The standard InChI is InChI=1S/C21H27N3O4/c25-20(7-13-4-5-18-19(6-13)28-12-27-18)23-11-17-15-8-14(9-22-10-15)16-2-1-3-21(26)24(16)17/h4-6,14-17,22H,1-3,7-12H2,(H,23,25)/t14-,15+,16+,17+/m1/s1. The number of nitrogens with one attached hydrogen (secondary N) is 2. The van der Waals surface area contributed by atoms with Crippen LogP contribution in [0, 0.1) is 11.8 Å².